The fourth-order valence-electron chi connectivity index (χ4n) is 4.00. The SMILES string of the molecule is Cc1cccc(C(=O)Oc2ccc(C(C)(CC(C)C)c3ccc(OC=O)cc3)cc2)c1. The van der Waals surface area contributed by atoms with E-state index in [0.717, 1.165) is 23.1 Å². The van der Waals surface area contributed by atoms with Gasteiger partial charge in [0.05, 0.1) is 5.56 Å². The molecule has 1 unspecified atom stereocenters. The topological polar surface area (TPSA) is 52.6 Å². The van der Waals surface area contributed by atoms with Crippen molar-refractivity contribution in [3.63, 3.8) is 0 Å². The van der Waals surface area contributed by atoms with Crippen LogP contribution in [0.1, 0.15) is 54.2 Å². The molecule has 0 bridgehead atoms. The third-order valence-electron chi connectivity index (χ3n) is 5.45. The first-order chi connectivity index (χ1) is 14.8. The minimum Gasteiger partial charge on any atom is -0.429 e. The molecule has 31 heavy (non-hydrogen) atoms. The van der Waals surface area contributed by atoms with Crippen LogP contribution < -0.4 is 9.47 Å². The van der Waals surface area contributed by atoms with Crippen molar-refractivity contribution in [3.05, 3.63) is 95.1 Å². The van der Waals surface area contributed by atoms with Crippen LogP contribution in [-0.2, 0) is 10.2 Å². The molecule has 3 rings (SSSR count). The minimum absolute atomic E-state index is 0.243. The molecule has 0 radical (unpaired) electrons. The van der Waals surface area contributed by atoms with E-state index in [9.17, 15) is 9.59 Å². The Morgan fingerprint density at radius 1 is 0.935 bits per heavy atom. The highest BCUT2D eigenvalue weighted by molar-refractivity contribution is 5.91. The third-order valence-corrected chi connectivity index (χ3v) is 5.45. The van der Waals surface area contributed by atoms with Gasteiger partial charge in [0.25, 0.3) is 6.47 Å². The maximum absolute atomic E-state index is 12.4. The van der Waals surface area contributed by atoms with Crippen LogP contribution in [0.4, 0.5) is 0 Å². The fraction of sp³-hybridized carbons (Fsp3) is 0.259. The van der Waals surface area contributed by atoms with Gasteiger partial charge >= 0.3 is 5.97 Å². The van der Waals surface area contributed by atoms with Crippen molar-refractivity contribution in [2.75, 3.05) is 0 Å². The molecule has 0 saturated carbocycles. The summed E-state index contributed by atoms with van der Waals surface area (Å²) in [7, 11) is 0. The summed E-state index contributed by atoms with van der Waals surface area (Å²) in [5.74, 6) is 1.13. The van der Waals surface area contributed by atoms with Gasteiger partial charge in [-0.3, -0.25) is 4.79 Å². The van der Waals surface area contributed by atoms with E-state index in [1.165, 1.54) is 0 Å². The molecule has 0 aromatic heterocycles. The largest absolute Gasteiger partial charge is 0.429 e. The van der Waals surface area contributed by atoms with E-state index in [1.54, 1.807) is 18.2 Å². The highest BCUT2D eigenvalue weighted by atomic mass is 16.5. The Morgan fingerprint density at radius 2 is 1.52 bits per heavy atom. The molecule has 3 aromatic rings. The van der Waals surface area contributed by atoms with E-state index in [4.69, 9.17) is 9.47 Å². The van der Waals surface area contributed by atoms with Gasteiger partial charge in [-0.2, -0.15) is 0 Å². The second kappa shape index (κ2) is 9.61. The van der Waals surface area contributed by atoms with Crippen LogP contribution in [0, 0.1) is 12.8 Å². The number of hydrogen-bond donors (Lipinski definition) is 0. The Bertz CT molecular complexity index is 1040. The molecule has 0 fully saturated rings. The van der Waals surface area contributed by atoms with Crippen LogP contribution in [-0.4, -0.2) is 12.4 Å². The van der Waals surface area contributed by atoms with Gasteiger partial charge in [-0.15, -0.1) is 0 Å². The second-order valence-corrected chi connectivity index (χ2v) is 8.45. The van der Waals surface area contributed by atoms with Crippen LogP contribution in [0.2, 0.25) is 0 Å². The number of benzene rings is 3. The van der Waals surface area contributed by atoms with Crippen molar-refractivity contribution in [1.82, 2.24) is 0 Å². The Balaban J connectivity index is 1.85. The molecular formula is C27H28O4. The van der Waals surface area contributed by atoms with E-state index in [1.807, 2.05) is 61.5 Å². The van der Waals surface area contributed by atoms with E-state index < -0.39 is 0 Å². The summed E-state index contributed by atoms with van der Waals surface area (Å²) >= 11 is 0. The van der Waals surface area contributed by atoms with Gasteiger partial charge in [-0.05, 0) is 66.8 Å². The summed E-state index contributed by atoms with van der Waals surface area (Å²) < 4.78 is 10.5. The number of esters is 1. The van der Waals surface area contributed by atoms with Crippen LogP contribution in [0.3, 0.4) is 0 Å². The predicted octanol–water partition coefficient (Wildman–Crippen LogP) is 6.10. The number of ether oxygens (including phenoxy) is 2. The first kappa shape index (κ1) is 22.3. The average Bonchev–Trinajstić information content (AvgIpc) is 2.74. The summed E-state index contributed by atoms with van der Waals surface area (Å²) in [6, 6.07) is 22.7. The summed E-state index contributed by atoms with van der Waals surface area (Å²) in [5, 5.41) is 0. The van der Waals surface area contributed by atoms with Crippen molar-refractivity contribution < 1.29 is 19.1 Å². The molecular weight excluding hydrogens is 388 g/mol. The molecule has 0 saturated heterocycles. The van der Waals surface area contributed by atoms with Crippen molar-refractivity contribution in [2.24, 2.45) is 5.92 Å². The van der Waals surface area contributed by atoms with Crippen LogP contribution in [0.15, 0.2) is 72.8 Å². The second-order valence-electron chi connectivity index (χ2n) is 8.45. The molecule has 160 valence electrons. The maximum Gasteiger partial charge on any atom is 0.343 e. The predicted molar refractivity (Wildman–Crippen MR) is 122 cm³/mol. The fourth-order valence-corrected chi connectivity index (χ4v) is 4.00. The van der Waals surface area contributed by atoms with E-state index in [0.29, 0.717) is 29.5 Å². The summed E-state index contributed by atoms with van der Waals surface area (Å²) in [6.45, 7) is 8.97. The lowest BCUT2D eigenvalue weighted by molar-refractivity contribution is -0.120. The number of hydrogen-bond acceptors (Lipinski definition) is 4. The first-order valence-corrected chi connectivity index (χ1v) is 10.4. The normalized spacial score (nSPS) is 12.8. The summed E-state index contributed by atoms with van der Waals surface area (Å²) in [4.78, 5) is 23.0. The maximum atomic E-state index is 12.4. The standard InChI is InChI=1S/C27H28O4/c1-19(2)17-27(4,22-8-12-24(13-9-22)30-18-28)23-10-14-25(15-11-23)31-26(29)21-7-5-6-20(3)16-21/h5-16,18-19H,17H2,1-4H3. The molecule has 0 aliphatic carbocycles. The van der Waals surface area contributed by atoms with Crippen LogP contribution in [0.25, 0.3) is 0 Å². The molecule has 0 N–H and O–H groups in total. The molecule has 0 amide bonds. The van der Waals surface area contributed by atoms with Gasteiger partial charge in [0, 0.05) is 5.41 Å². The zero-order chi connectivity index (χ0) is 22.4. The molecule has 4 heteroatoms. The number of carbonyl (C=O) groups is 2. The Morgan fingerprint density at radius 3 is 2.03 bits per heavy atom. The Hall–Kier alpha value is -3.40. The van der Waals surface area contributed by atoms with Crippen molar-refractivity contribution in [3.8, 4) is 11.5 Å². The minimum atomic E-state index is -0.368. The van der Waals surface area contributed by atoms with E-state index in [2.05, 4.69) is 20.8 Å². The lowest BCUT2D eigenvalue weighted by Gasteiger charge is -2.33. The van der Waals surface area contributed by atoms with Crippen LogP contribution in [0.5, 0.6) is 11.5 Å². The Labute approximate surface area is 183 Å². The smallest absolute Gasteiger partial charge is 0.343 e. The summed E-state index contributed by atoms with van der Waals surface area (Å²) in [5.41, 5.74) is 3.56. The molecule has 0 aliphatic rings. The lowest BCUT2D eigenvalue weighted by Crippen LogP contribution is -2.25. The van der Waals surface area contributed by atoms with Gasteiger partial charge in [-0.1, -0.05) is 62.7 Å². The molecule has 0 aliphatic heterocycles. The average molecular weight is 417 g/mol. The van der Waals surface area contributed by atoms with Gasteiger partial charge in [-0.25, -0.2) is 4.79 Å². The highest BCUT2D eigenvalue weighted by Gasteiger charge is 2.30. The van der Waals surface area contributed by atoms with Crippen molar-refractivity contribution in [2.45, 2.75) is 39.5 Å². The van der Waals surface area contributed by atoms with Crippen LogP contribution >= 0.6 is 0 Å². The van der Waals surface area contributed by atoms with Crippen molar-refractivity contribution in [1.29, 1.82) is 0 Å². The highest BCUT2D eigenvalue weighted by Crippen LogP contribution is 2.39. The van der Waals surface area contributed by atoms with E-state index >= 15 is 0 Å². The number of aryl methyl sites for hydroxylation is 1. The zero-order valence-electron chi connectivity index (χ0n) is 18.4. The van der Waals surface area contributed by atoms with Gasteiger partial charge in [0.2, 0.25) is 0 Å². The van der Waals surface area contributed by atoms with E-state index in [-0.39, 0.29) is 11.4 Å². The quantitative estimate of drug-likeness (QED) is 0.253. The van der Waals surface area contributed by atoms with Crippen molar-refractivity contribution >= 4 is 12.4 Å². The first-order valence-electron chi connectivity index (χ1n) is 10.4. The van der Waals surface area contributed by atoms with Gasteiger partial charge in [0.15, 0.2) is 0 Å². The van der Waals surface area contributed by atoms with Gasteiger partial charge in [0.1, 0.15) is 11.5 Å². The number of rotatable bonds is 8. The lowest BCUT2D eigenvalue weighted by atomic mass is 9.71. The zero-order valence-corrected chi connectivity index (χ0v) is 18.4. The molecule has 0 heterocycles. The third kappa shape index (κ3) is 5.40. The Kier molecular flexibility index (Phi) is 6.91. The molecule has 1 atom stereocenters. The summed E-state index contributed by atoms with van der Waals surface area (Å²) in [6.07, 6.45) is 0.934. The monoisotopic (exact) mass is 416 g/mol. The van der Waals surface area contributed by atoms with Gasteiger partial charge < -0.3 is 9.47 Å². The number of carbonyl (C=O) groups excluding carboxylic acids is 2. The molecule has 4 nitrogen and oxygen atoms in total. The molecule has 3 aromatic carbocycles. The molecule has 0 spiro atoms.